The van der Waals surface area contributed by atoms with E-state index in [0.29, 0.717) is 37.4 Å². The van der Waals surface area contributed by atoms with Crippen LogP contribution < -0.4 is 5.32 Å². The van der Waals surface area contributed by atoms with Crippen molar-refractivity contribution < 1.29 is 9.90 Å². The Morgan fingerprint density at radius 1 is 1.41 bits per heavy atom. The molecule has 6 nitrogen and oxygen atoms in total. The van der Waals surface area contributed by atoms with Gasteiger partial charge in [0.15, 0.2) is 0 Å². The minimum Gasteiger partial charge on any atom is -0.393 e. The van der Waals surface area contributed by atoms with Crippen molar-refractivity contribution in [3.05, 3.63) is 18.1 Å². The van der Waals surface area contributed by atoms with E-state index in [9.17, 15) is 9.90 Å². The van der Waals surface area contributed by atoms with Gasteiger partial charge in [0.1, 0.15) is 11.5 Å². The fourth-order valence-electron chi connectivity index (χ4n) is 1.80. The van der Waals surface area contributed by atoms with Gasteiger partial charge in [-0.25, -0.2) is 9.97 Å². The smallest absolute Gasteiger partial charge is 0.274 e. The van der Waals surface area contributed by atoms with Gasteiger partial charge >= 0.3 is 0 Å². The molecule has 92 valence electrons. The molecule has 1 fully saturated rings. The summed E-state index contributed by atoms with van der Waals surface area (Å²) in [6, 6.07) is 0. The zero-order chi connectivity index (χ0) is 12.3. The molecule has 0 aliphatic carbocycles. The van der Waals surface area contributed by atoms with Gasteiger partial charge in [-0.2, -0.15) is 0 Å². The summed E-state index contributed by atoms with van der Waals surface area (Å²) in [4.78, 5) is 21.9. The van der Waals surface area contributed by atoms with E-state index in [0.717, 1.165) is 0 Å². The monoisotopic (exact) mass is 236 g/mol. The number of anilines is 1. The van der Waals surface area contributed by atoms with E-state index in [4.69, 9.17) is 0 Å². The van der Waals surface area contributed by atoms with E-state index in [1.807, 2.05) is 0 Å². The maximum Gasteiger partial charge on any atom is 0.274 e. The van der Waals surface area contributed by atoms with Gasteiger partial charge in [-0.3, -0.25) is 4.79 Å². The molecule has 1 aliphatic rings. The normalized spacial score (nSPS) is 16.9. The maximum absolute atomic E-state index is 12.0. The number of aliphatic hydroxyl groups is 1. The van der Waals surface area contributed by atoms with Crippen LogP contribution in [0.3, 0.4) is 0 Å². The van der Waals surface area contributed by atoms with Gasteiger partial charge < -0.3 is 15.3 Å². The van der Waals surface area contributed by atoms with Crippen LogP contribution in [0.15, 0.2) is 12.4 Å². The Morgan fingerprint density at radius 3 is 2.65 bits per heavy atom. The molecule has 0 spiro atoms. The van der Waals surface area contributed by atoms with Gasteiger partial charge in [-0.05, 0) is 12.8 Å². The average Bonchev–Trinajstić information content (AvgIpc) is 2.39. The lowest BCUT2D eigenvalue weighted by atomic mass is 10.1. The summed E-state index contributed by atoms with van der Waals surface area (Å²) in [5.74, 6) is 0.516. The molecule has 1 aromatic heterocycles. The number of piperidine rings is 1. The molecule has 0 bridgehead atoms. The van der Waals surface area contributed by atoms with E-state index < -0.39 is 0 Å². The van der Waals surface area contributed by atoms with Crippen LogP contribution in [-0.4, -0.2) is 52.1 Å². The highest BCUT2D eigenvalue weighted by atomic mass is 16.3. The van der Waals surface area contributed by atoms with Gasteiger partial charge in [-0.1, -0.05) is 0 Å². The molecule has 0 atom stereocenters. The van der Waals surface area contributed by atoms with E-state index in [-0.39, 0.29) is 12.0 Å². The van der Waals surface area contributed by atoms with Crippen molar-refractivity contribution in [2.75, 3.05) is 25.5 Å². The molecule has 6 heteroatoms. The largest absolute Gasteiger partial charge is 0.393 e. The molecule has 1 saturated heterocycles. The Kier molecular flexibility index (Phi) is 3.53. The Balaban J connectivity index is 2.03. The maximum atomic E-state index is 12.0. The molecular formula is C11H16N4O2. The fourth-order valence-corrected chi connectivity index (χ4v) is 1.80. The molecule has 17 heavy (non-hydrogen) atoms. The molecule has 1 aromatic rings. The zero-order valence-corrected chi connectivity index (χ0v) is 9.76. The molecule has 1 aliphatic heterocycles. The molecule has 0 unspecified atom stereocenters. The van der Waals surface area contributed by atoms with E-state index in [1.54, 1.807) is 11.9 Å². The highest BCUT2D eigenvalue weighted by molar-refractivity contribution is 5.92. The molecule has 2 rings (SSSR count). The van der Waals surface area contributed by atoms with E-state index >= 15 is 0 Å². The summed E-state index contributed by atoms with van der Waals surface area (Å²) < 4.78 is 0. The predicted octanol–water partition coefficient (Wildman–Crippen LogP) is 0.115. The number of carbonyl (C=O) groups is 1. The van der Waals surface area contributed by atoms with Crippen LogP contribution in [0.5, 0.6) is 0 Å². The predicted molar refractivity (Wildman–Crippen MR) is 62.7 cm³/mol. The van der Waals surface area contributed by atoms with Gasteiger partial charge in [0.2, 0.25) is 0 Å². The van der Waals surface area contributed by atoms with Crippen LogP contribution in [0.1, 0.15) is 23.3 Å². The van der Waals surface area contributed by atoms with Crippen molar-refractivity contribution in [1.29, 1.82) is 0 Å². The van der Waals surface area contributed by atoms with Crippen molar-refractivity contribution in [2.24, 2.45) is 0 Å². The van der Waals surface area contributed by atoms with Crippen molar-refractivity contribution in [2.45, 2.75) is 18.9 Å². The second-order valence-corrected chi connectivity index (χ2v) is 4.06. The van der Waals surface area contributed by atoms with Gasteiger partial charge in [-0.15, -0.1) is 0 Å². The minimum absolute atomic E-state index is 0.118. The summed E-state index contributed by atoms with van der Waals surface area (Å²) in [6.45, 7) is 1.16. The summed E-state index contributed by atoms with van der Waals surface area (Å²) in [5, 5.41) is 12.2. The third-order valence-corrected chi connectivity index (χ3v) is 2.88. The van der Waals surface area contributed by atoms with Gasteiger partial charge in [0.25, 0.3) is 5.91 Å². The zero-order valence-electron chi connectivity index (χ0n) is 9.76. The summed E-state index contributed by atoms with van der Waals surface area (Å²) >= 11 is 0. The highest BCUT2D eigenvalue weighted by Crippen LogP contribution is 2.12. The highest BCUT2D eigenvalue weighted by Gasteiger charge is 2.23. The van der Waals surface area contributed by atoms with E-state index in [1.165, 1.54) is 12.4 Å². The number of rotatable bonds is 2. The second-order valence-electron chi connectivity index (χ2n) is 4.06. The minimum atomic E-state index is -0.281. The van der Waals surface area contributed by atoms with E-state index in [2.05, 4.69) is 15.3 Å². The number of nitrogens with one attached hydrogen (secondary N) is 1. The number of likely N-dealkylation sites (tertiary alicyclic amines) is 1. The molecular weight excluding hydrogens is 220 g/mol. The van der Waals surface area contributed by atoms with Crippen LogP contribution in [0.4, 0.5) is 5.82 Å². The van der Waals surface area contributed by atoms with Gasteiger partial charge in [0, 0.05) is 20.1 Å². The van der Waals surface area contributed by atoms with Crippen molar-refractivity contribution >= 4 is 11.7 Å². The number of nitrogens with zero attached hydrogens (tertiary/aromatic N) is 3. The number of carbonyl (C=O) groups excluding carboxylic acids is 1. The van der Waals surface area contributed by atoms with Crippen LogP contribution in [-0.2, 0) is 0 Å². The lowest BCUT2D eigenvalue weighted by Crippen LogP contribution is -2.40. The van der Waals surface area contributed by atoms with Crippen molar-refractivity contribution in [3.8, 4) is 0 Å². The van der Waals surface area contributed by atoms with Crippen LogP contribution in [0.25, 0.3) is 0 Å². The second kappa shape index (κ2) is 5.09. The number of aromatic nitrogens is 2. The Hall–Kier alpha value is -1.69. The van der Waals surface area contributed by atoms with Crippen molar-refractivity contribution in [1.82, 2.24) is 14.9 Å². The average molecular weight is 236 g/mol. The number of aliphatic hydroxyl groups excluding tert-OH is 1. The van der Waals surface area contributed by atoms with Crippen LogP contribution in [0.2, 0.25) is 0 Å². The summed E-state index contributed by atoms with van der Waals surface area (Å²) in [7, 11) is 1.75. The summed E-state index contributed by atoms with van der Waals surface area (Å²) in [6.07, 6.45) is 3.99. The standard InChI is InChI=1S/C11H16N4O2/c1-12-10-7-13-9(6-14-10)11(17)15-4-2-8(16)3-5-15/h6-8,16H,2-5H2,1H3,(H,12,14). The third-order valence-electron chi connectivity index (χ3n) is 2.88. The number of hydrogen-bond acceptors (Lipinski definition) is 5. The van der Waals surface area contributed by atoms with Crippen LogP contribution in [0, 0.1) is 0 Å². The topological polar surface area (TPSA) is 78.4 Å². The first-order valence-corrected chi connectivity index (χ1v) is 5.68. The molecule has 0 radical (unpaired) electrons. The lowest BCUT2D eigenvalue weighted by molar-refractivity contribution is 0.0541. The van der Waals surface area contributed by atoms with Crippen molar-refractivity contribution in [3.63, 3.8) is 0 Å². The number of hydrogen-bond donors (Lipinski definition) is 2. The SMILES string of the molecule is CNc1cnc(C(=O)N2CCC(O)CC2)cn1. The Labute approximate surface area is 99.7 Å². The molecule has 2 N–H and O–H groups in total. The molecule has 0 saturated carbocycles. The molecule has 0 aromatic carbocycles. The first-order valence-electron chi connectivity index (χ1n) is 5.68. The number of amides is 1. The third kappa shape index (κ3) is 2.71. The fraction of sp³-hybridized carbons (Fsp3) is 0.545. The van der Waals surface area contributed by atoms with Gasteiger partial charge in [0.05, 0.1) is 18.5 Å². The molecule has 1 amide bonds. The molecule has 2 heterocycles. The first kappa shape index (κ1) is 11.8. The van der Waals surface area contributed by atoms with Crippen LogP contribution >= 0.6 is 0 Å². The quantitative estimate of drug-likeness (QED) is 0.762. The first-order chi connectivity index (χ1) is 8.20. The summed E-state index contributed by atoms with van der Waals surface area (Å²) in [5.41, 5.74) is 0.348. The Bertz CT molecular complexity index is 385. The lowest BCUT2D eigenvalue weighted by Gasteiger charge is -2.29. The Morgan fingerprint density at radius 2 is 2.12 bits per heavy atom.